The number of aryl methyl sites for hydroxylation is 1. The summed E-state index contributed by atoms with van der Waals surface area (Å²) in [6.45, 7) is 3.40. The third-order valence-electron chi connectivity index (χ3n) is 7.66. The van der Waals surface area contributed by atoms with Crippen molar-refractivity contribution < 1.29 is 39.0 Å². The number of thiophene rings is 1. The molecule has 2 fully saturated rings. The van der Waals surface area contributed by atoms with E-state index in [1.165, 1.54) is 21.1 Å². The molecule has 4 atom stereocenters. The number of aliphatic carboxylic acids is 2. The molecule has 2 aromatic rings. The van der Waals surface area contributed by atoms with Crippen LogP contribution < -0.4 is 10.6 Å². The van der Waals surface area contributed by atoms with Gasteiger partial charge in [-0.05, 0) is 29.0 Å². The zero-order valence-corrected chi connectivity index (χ0v) is 24.4. The third kappa shape index (κ3) is 6.98. The van der Waals surface area contributed by atoms with Crippen LogP contribution in [0, 0.1) is 5.41 Å². The van der Waals surface area contributed by atoms with Crippen LogP contribution in [0.15, 0.2) is 35.8 Å². The highest BCUT2D eigenvalue weighted by Crippen LogP contribution is 2.31. The number of likely N-dealkylation sites (tertiary alicyclic amines) is 2. The van der Waals surface area contributed by atoms with Crippen molar-refractivity contribution in [2.45, 2.75) is 63.7 Å². The Bertz CT molecular complexity index is 1370. The summed E-state index contributed by atoms with van der Waals surface area (Å²) in [5, 5.41) is 26.9. The molecule has 4 rings (SSSR count). The fourth-order valence-corrected chi connectivity index (χ4v) is 6.23. The van der Waals surface area contributed by atoms with Crippen LogP contribution in [-0.4, -0.2) is 97.4 Å². The van der Waals surface area contributed by atoms with Gasteiger partial charge in [0.1, 0.15) is 17.8 Å². The van der Waals surface area contributed by atoms with Crippen molar-refractivity contribution in [3.63, 3.8) is 0 Å². The van der Waals surface area contributed by atoms with Crippen molar-refractivity contribution in [1.82, 2.24) is 25.0 Å². The molecular formula is C28H35N5O8S. The fourth-order valence-electron chi connectivity index (χ4n) is 5.61. The van der Waals surface area contributed by atoms with Gasteiger partial charge in [0.15, 0.2) is 0 Å². The first-order valence-electron chi connectivity index (χ1n) is 13.6. The van der Waals surface area contributed by atoms with Crippen LogP contribution in [0.4, 0.5) is 0 Å². The van der Waals surface area contributed by atoms with Crippen molar-refractivity contribution >= 4 is 46.9 Å². The lowest BCUT2D eigenvalue weighted by molar-refractivity contribution is -0.150. The summed E-state index contributed by atoms with van der Waals surface area (Å²) in [7, 11) is 1.71. The number of carboxylic acids is 2. The van der Waals surface area contributed by atoms with Gasteiger partial charge in [-0.15, -0.1) is 11.3 Å². The van der Waals surface area contributed by atoms with Gasteiger partial charge in [-0.1, -0.05) is 19.9 Å². The maximum atomic E-state index is 13.3. The molecule has 0 bridgehead atoms. The zero-order chi connectivity index (χ0) is 30.8. The van der Waals surface area contributed by atoms with E-state index in [1.807, 2.05) is 0 Å². The number of hydrogen-bond donors (Lipinski definition) is 4. The molecule has 42 heavy (non-hydrogen) atoms. The molecule has 14 heteroatoms. The minimum absolute atomic E-state index is 0.00875. The highest BCUT2D eigenvalue weighted by molar-refractivity contribution is 7.12. The van der Waals surface area contributed by atoms with Crippen LogP contribution in [0.3, 0.4) is 0 Å². The van der Waals surface area contributed by atoms with E-state index in [1.54, 1.807) is 61.3 Å². The summed E-state index contributed by atoms with van der Waals surface area (Å²) in [6.07, 6.45) is 1.49. The van der Waals surface area contributed by atoms with Crippen LogP contribution in [0.5, 0.6) is 0 Å². The van der Waals surface area contributed by atoms with Crippen LogP contribution in [0.1, 0.15) is 59.7 Å². The summed E-state index contributed by atoms with van der Waals surface area (Å²) < 4.78 is 1.64. The van der Waals surface area contributed by atoms with Gasteiger partial charge >= 0.3 is 11.9 Å². The molecule has 2 aromatic heterocycles. The van der Waals surface area contributed by atoms with Gasteiger partial charge in [-0.2, -0.15) is 0 Å². The summed E-state index contributed by atoms with van der Waals surface area (Å²) in [5.41, 5.74) is -0.524. The Morgan fingerprint density at radius 1 is 0.857 bits per heavy atom. The number of carbonyl (C=O) groups excluding carboxylic acids is 4. The average molecular weight is 602 g/mol. The van der Waals surface area contributed by atoms with E-state index in [0.717, 1.165) is 0 Å². The zero-order valence-electron chi connectivity index (χ0n) is 23.6. The standard InChI is InChI=1S/C28H35N5O8S/c1-28(2,13-23(35)33-15-17(11-20(33)27(40)41)30-25(37)21-7-5-9-42-21)12-22(34)32-14-16(10-19(32)26(38)39)29-24(36)18-6-4-8-31(18)3/h4-9,16-17,19-20H,10-15H2,1-3H3,(H,29,36)(H,30,37)(H,38,39)(H,40,41). The molecule has 4 N–H and O–H groups in total. The van der Waals surface area contributed by atoms with E-state index in [-0.39, 0.29) is 50.6 Å². The molecule has 0 aliphatic carbocycles. The maximum absolute atomic E-state index is 13.3. The van der Waals surface area contributed by atoms with Crippen LogP contribution in [-0.2, 0) is 26.2 Å². The topological polar surface area (TPSA) is 178 Å². The summed E-state index contributed by atoms with van der Waals surface area (Å²) in [5.74, 6) is -4.04. The molecule has 2 aliphatic heterocycles. The van der Waals surface area contributed by atoms with E-state index >= 15 is 0 Å². The first-order chi connectivity index (χ1) is 19.8. The number of aromatic nitrogens is 1. The minimum atomic E-state index is -1.19. The summed E-state index contributed by atoms with van der Waals surface area (Å²) >= 11 is 1.25. The maximum Gasteiger partial charge on any atom is 0.326 e. The molecule has 4 heterocycles. The monoisotopic (exact) mass is 601 g/mol. The number of carbonyl (C=O) groups is 6. The Morgan fingerprint density at radius 3 is 1.81 bits per heavy atom. The van der Waals surface area contributed by atoms with E-state index < -0.39 is 53.3 Å². The highest BCUT2D eigenvalue weighted by atomic mass is 32.1. The lowest BCUT2D eigenvalue weighted by Gasteiger charge is -2.31. The van der Waals surface area contributed by atoms with Crippen molar-refractivity contribution in [1.29, 1.82) is 0 Å². The molecule has 4 amide bonds. The van der Waals surface area contributed by atoms with Gasteiger partial charge < -0.3 is 35.2 Å². The van der Waals surface area contributed by atoms with Gasteiger partial charge in [-0.3, -0.25) is 19.2 Å². The molecule has 0 saturated carbocycles. The van der Waals surface area contributed by atoms with E-state index in [2.05, 4.69) is 10.6 Å². The molecule has 2 aliphatic rings. The number of nitrogens with zero attached hydrogens (tertiary/aromatic N) is 3. The lowest BCUT2D eigenvalue weighted by Crippen LogP contribution is -2.45. The average Bonchev–Trinajstić information content (AvgIpc) is 3.69. The lowest BCUT2D eigenvalue weighted by atomic mass is 9.84. The van der Waals surface area contributed by atoms with E-state index in [4.69, 9.17) is 0 Å². The SMILES string of the molecule is Cn1cccc1C(=O)NC1CC(C(=O)O)N(C(=O)CC(C)(C)CC(=O)N2CC(NC(=O)c3cccs3)CC2C(=O)O)C1. The molecular weight excluding hydrogens is 566 g/mol. The Kier molecular flexibility index (Phi) is 9.04. The van der Waals surface area contributed by atoms with Gasteiger partial charge in [0, 0.05) is 64.1 Å². The molecule has 0 radical (unpaired) electrons. The largest absolute Gasteiger partial charge is 0.480 e. The number of rotatable bonds is 10. The second-order valence-corrected chi connectivity index (χ2v) is 12.6. The van der Waals surface area contributed by atoms with Gasteiger partial charge in [0.2, 0.25) is 11.8 Å². The quantitative estimate of drug-likeness (QED) is 0.313. The van der Waals surface area contributed by atoms with Crippen LogP contribution in [0.25, 0.3) is 0 Å². The normalized spacial score (nSPS) is 22.2. The van der Waals surface area contributed by atoms with Crippen molar-refractivity contribution in [3.8, 4) is 0 Å². The van der Waals surface area contributed by atoms with Crippen molar-refractivity contribution in [3.05, 3.63) is 46.4 Å². The second kappa shape index (κ2) is 12.3. The molecule has 2 saturated heterocycles. The summed E-state index contributed by atoms with van der Waals surface area (Å²) in [4.78, 5) is 78.6. The molecule has 4 unspecified atom stereocenters. The fraction of sp³-hybridized carbons (Fsp3) is 0.500. The molecule has 0 spiro atoms. The Balaban J connectivity index is 1.37. The van der Waals surface area contributed by atoms with Crippen LogP contribution >= 0.6 is 11.3 Å². The smallest absolute Gasteiger partial charge is 0.326 e. The number of hydrogen-bond acceptors (Lipinski definition) is 7. The highest BCUT2D eigenvalue weighted by Gasteiger charge is 2.44. The molecule has 0 aromatic carbocycles. The van der Waals surface area contributed by atoms with E-state index in [9.17, 15) is 39.0 Å². The Labute approximate surface area is 246 Å². The predicted octanol–water partition coefficient (Wildman–Crippen LogP) is 1.16. The molecule has 226 valence electrons. The Hall–Kier alpha value is -4.20. The van der Waals surface area contributed by atoms with Gasteiger partial charge in [0.05, 0.1) is 4.88 Å². The molecule has 13 nitrogen and oxygen atoms in total. The van der Waals surface area contributed by atoms with Crippen molar-refractivity contribution in [2.24, 2.45) is 12.5 Å². The first-order valence-corrected chi connectivity index (χ1v) is 14.4. The number of carboxylic acid groups (broad SMARTS) is 2. The number of nitrogens with one attached hydrogen (secondary N) is 2. The van der Waals surface area contributed by atoms with Gasteiger partial charge in [0.25, 0.3) is 11.8 Å². The second-order valence-electron chi connectivity index (χ2n) is 11.6. The predicted molar refractivity (Wildman–Crippen MR) is 151 cm³/mol. The van der Waals surface area contributed by atoms with Crippen LogP contribution in [0.2, 0.25) is 0 Å². The van der Waals surface area contributed by atoms with E-state index in [0.29, 0.717) is 10.6 Å². The van der Waals surface area contributed by atoms with Gasteiger partial charge in [-0.25, -0.2) is 9.59 Å². The third-order valence-corrected chi connectivity index (χ3v) is 8.53. The number of amides is 4. The summed E-state index contributed by atoms with van der Waals surface area (Å²) in [6, 6.07) is 3.37. The first kappa shape index (κ1) is 30.8. The minimum Gasteiger partial charge on any atom is -0.480 e. The Morgan fingerprint density at radius 2 is 1.38 bits per heavy atom. The van der Waals surface area contributed by atoms with Crippen molar-refractivity contribution in [2.75, 3.05) is 13.1 Å².